The van der Waals surface area contributed by atoms with Gasteiger partial charge in [0, 0.05) is 10.2 Å². The maximum absolute atomic E-state index is 13.2. The van der Waals surface area contributed by atoms with E-state index in [2.05, 4.69) is 26.6 Å². The van der Waals surface area contributed by atoms with Gasteiger partial charge in [-0.1, -0.05) is 58.4 Å². The molecule has 1 aliphatic rings. The average Bonchev–Trinajstić information content (AvgIpc) is 2.93. The number of imide groups is 1. The summed E-state index contributed by atoms with van der Waals surface area (Å²) in [6.07, 6.45) is 0. The molecule has 2 N–H and O–H groups in total. The smallest absolute Gasteiger partial charge is 0.324 e. The Hall–Kier alpha value is -3.19. The molecular formula is C23H20BrN3O3. The predicted molar refractivity (Wildman–Crippen MR) is 119 cm³/mol. The van der Waals surface area contributed by atoms with Crippen LogP contribution in [0.15, 0.2) is 65.1 Å². The van der Waals surface area contributed by atoms with Gasteiger partial charge in [0.05, 0.1) is 0 Å². The molecule has 1 atom stereocenters. The number of carbonyl (C=O) groups is 3. The van der Waals surface area contributed by atoms with Crippen molar-refractivity contribution in [2.24, 2.45) is 0 Å². The molecule has 1 heterocycles. The molecule has 0 aromatic heterocycles. The minimum Gasteiger partial charge on any atom is -0.324 e. The van der Waals surface area contributed by atoms with E-state index in [0.29, 0.717) is 11.3 Å². The zero-order chi connectivity index (χ0) is 21.5. The second-order valence-corrected chi connectivity index (χ2v) is 8.40. The monoisotopic (exact) mass is 465 g/mol. The van der Waals surface area contributed by atoms with Crippen LogP contribution in [0.1, 0.15) is 18.1 Å². The summed E-state index contributed by atoms with van der Waals surface area (Å²) in [5.41, 5.74) is 0.958. The summed E-state index contributed by atoms with van der Waals surface area (Å²) >= 11 is 3.38. The number of carbonyl (C=O) groups excluding carboxylic acids is 3. The third-order valence-electron chi connectivity index (χ3n) is 5.37. The van der Waals surface area contributed by atoms with Gasteiger partial charge in [-0.3, -0.25) is 14.5 Å². The Morgan fingerprint density at radius 2 is 1.83 bits per heavy atom. The molecule has 3 aromatic rings. The molecule has 1 aliphatic heterocycles. The van der Waals surface area contributed by atoms with Gasteiger partial charge in [-0.05, 0) is 53.9 Å². The first kappa shape index (κ1) is 20.1. The van der Waals surface area contributed by atoms with Gasteiger partial charge in [0.2, 0.25) is 5.91 Å². The number of amides is 4. The van der Waals surface area contributed by atoms with E-state index in [-0.39, 0.29) is 6.54 Å². The second kappa shape index (κ2) is 7.57. The van der Waals surface area contributed by atoms with Crippen LogP contribution in [0.5, 0.6) is 0 Å². The third kappa shape index (κ3) is 3.45. The quantitative estimate of drug-likeness (QED) is 0.563. The highest BCUT2D eigenvalue weighted by Gasteiger charge is 2.50. The van der Waals surface area contributed by atoms with Crippen LogP contribution in [-0.2, 0) is 15.1 Å². The molecule has 0 radical (unpaired) electrons. The zero-order valence-electron chi connectivity index (χ0n) is 16.5. The molecule has 3 aromatic carbocycles. The van der Waals surface area contributed by atoms with Gasteiger partial charge < -0.3 is 10.6 Å². The fraction of sp³-hybridized carbons (Fsp3) is 0.174. The van der Waals surface area contributed by atoms with E-state index in [1.54, 1.807) is 13.0 Å². The van der Waals surface area contributed by atoms with Crippen LogP contribution in [-0.4, -0.2) is 29.3 Å². The topological polar surface area (TPSA) is 78.5 Å². The van der Waals surface area contributed by atoms with Gasteiger partial charge >= 0.3 is 6.03 Å². The number of nitrogens with zero attached hydrogens (tertiary/aromatic N) is 1. The Morgan fingerprint density at radius 1 is 1.10 bits per heavy atom. The van der Waals surface area contributed by atoms with Crippen molar-refractivity contribution in [1.29, 1.82) is 0 Å². The number of urea groups is 1. The van der Waals surface area contributed by atoms with E-state index in [1.165, 1.54) is 0 Å². The van der Waals surface area contributed by atoms with Gasteiger partial charge in [0.1, 0.15) is 12.1 Å². The summed E-state index contributed by atoms with van der Waals surface area (Å²) in [7, 11) is 0. The van der Waals surface area contributed by atoms with Crippen LogP contribution in [0.3, 0.4) is 0 Å². The fourth-order valence-corrected chi connectivity index (χ4v) is 4.26. The number of anilines is 1. The Morgan fingerprint density at radius 3 is 2.60 bits per heavy atom. The zero-order valence-corrected chi connectivity index (χ0v) is 18.1. The molecule has 1 fully saturated rings. The number of hydrogen-bond donors (Lipinski definition) is 2. The summed E-state index contributed by atoms with van der Waals surface area (Å²) in [5.74, 6) is -0.891. The van der Waals surface area contributed by atoms with E-state index in [9.17, 15) is 14.4 Å². The number of aryl methyl sites for hydroxylation is 1. The van der Waals surface area contributed by atoms with Gasteiger partial charge in [-0.2, -0.15) is 0 Å². The van der Waals surface area contributed by atoms with E-state index in [1.807, 2.05) is 61.5 Å². The van der Waals surface area contributed by atoms with Crippen molar-refractivity contribution in [3.8, 4) is 0 Å². The minimum atomic E-state index is -1.24. The van der Waals surface area contributed by atoms with Crippen LogP contribution in [0.4, 0.5) is 10.5 Å². The molecule has 4 amide bonds. The van der Waals surface area contributed by atoms with E-state index in [0.717, 1.165) is 25.7 Å². The maximum Gasteiger partial charge on any atom is 0.325 e. The molecule has 0 spiro atoms. The first-order valence-electron chi connectivity index (χ1n) is 9.48. The highest BCUT2D eigenvalue weighted by molar-refractivity contribution is 9.10. The summed E-state index contributed by atoms with van der Waals surface area (Å²) in [4.78, 5) is 39.4. The standard InChI is InChI=1S/C23H20BrN3O3/c1-14-12-16(24)10-11-19(14)25-20(28)13-27-21(29)23(2,26-22(27)30)18-9-5-7-15-6-3-4-8-17(15)18/h3-12H,13H2,1-2H3,(H,25,28)(H,26,30). The largest absolute Gasteiger partial charge is 0.325 e. The van der Waals surface area contributed by atoms with Crippen molar-refractivity contribution in [3.63, 3.8) is 0 Å². The summed E-state index contributed by atoms with van der Waals surface area (Å²) < 4.78 is 0.901. The predicted octanol–water partition coefficient (Wildman–Crippen LogP) is 4.32. The molecule has 4 rings (SSSR count). The summed E-state index contributed by atoms with van der Waals surface area (Å²) in [6, 6.07) is 18.2. The Labute approximate surface area is 182 Å². The fourth-order valence-electron chi connectivity index (χ4n) is 3.79. The van der Waals surface area contributed by atoms with Crippen molar-refractivity contribution in [2.45, 2.75) is 19.4 Å². The van der Waals surface area contributed by atoms with Gasteiger partial charge in [0.25, 0.3) is 5.91 Å². The first-order chi connectivity index (χ1) is 14.3. The van der Waals surface area contributed by atoms with Crippen LogP contribution < -0.4 is 10.6 Å². The molecule has 30 heavy (non-hydrogen) atoms. The lowest BCUT2D eigenvalue weighted by atomic mass is 9.88. The van der Waals surface area contributed by atoms with Crippen LogP contribution >= 0.6 is 15.9 Å². The van der Waals surface area contributed by atoms with Crippen LogP contribution in [0, 0.1) is 6.92 Å². The molecule has 1 unspecified atom stereocenters. The van der Waals surface area contributed by atoms with Crippen molar-refractivity contribution in [1.82, 2.24) is 10.2 Å². The first-order valence-corrected chi connectivity index (χ1v) is 10.3. The highest BCUT2D eigenvalue weighted by Crippen LogP contribution is 2.33. The van der Waals surface area contributed by atoms with Crippen LogP contribution in [0.2, 0.25) is 0 Å². The normalized spacial score (nSPS) is 18.6. The van der Waals surface area contributed by atoms with Crippen LogP contribution in [0.25, 0.3) is 10.8 Å². The number of nitrogens with one attached hydrogen (secondary N) is 2. The number of halogens is 1. The number of rotatable bonds is 4. The molecule has 0 saturated carbocycles. The SMILES string of the molecule is Cc1cc(Br)ccc1NC(=O)CN1C(=O)NC(C)(c2cccc3ccccc23)C1=O. The molecule has 0 bridgehead atoms. The van der Waals surface area contributed by atoms with E-state index < -0.39 is 23.4 Å². The molecule has 6 nitrogen and oxygen atoms in total. The molecular weight excluding hydrogens is 446 g/mol. The van der Waals surface area contributed by atoms with Crippen molar-refractivity contribution < 1.29 is 14.4 Å². The number of fused-ring (bicyclic) bond motifs is 1. The van der Waals surface area contributed by atoms with Crippen molar-refractivity contribution in [3.05, 3.63) is 76.3 Å². The van der Waals surface area contributed by atoms with Gasteiger partial charge in [0.15, 0.2) is 0 Å². The lowest BCUT2D eigenvalue weighted by Crippen LogP contribution is -2.42. The van der Waals surface area contributed by atoms with Crippen molar-refractivity contribution >= 4 is 50.2 Å². The van der Waals surface area contributed by atoms with Crippen molar-refractivity contribution in [2.75, 3.05) is 11.9 Å². The molecule has 0 aliphatic carbocycles. The van der Waals surface area contributed by atoms with E-state index in [4.69, 9.17) is 0 Å². The van der Waals surface area contributed by atoms with Gasteiger partial charge in [-0.25, -0.2) is 4.79 Å². The number of hydrogen-bond acceptors (Lipinski definition) is 3. The summed E-state index contributed by atoms with van der Waals surface area (Å²) in [6.45, 7) is 3.18. The second-order valence-electron chi connectivity index (χ2n) is 7.48. The van der Waals surface area contributed by atoms with E-state index >= 15 is 0 Å². The third-order valence-corrected chi connectivity index (χ3v) is 5.86. The Kier molecular flexibility index (Phi) is 5.07. The molecule has 152 valence electrons. The maximum atomic E-state index is 13.2. The highest BCUT2D eigenvalue weighted by atomic mass is 79.9. The lowest BCUT2D eigenvalue weighted by molar-refractivity contribution is -0.133. The minimum absolute atomic E-state index is 0.361. The molecule has 7 heteroatoms. The Bertz CT molecular complexity index is 1190. The molecule has 1 saturated heterocycles. The summed E-state index contributed by atoms with van der Waals surface area (Å²) in [5, 5.41) is 7.40. The average molecular weight is 466 g/mol. The lowest BCUT2D eigenvalue weighted by Gasteiger charge is -2.24. The number of benzene rings is 3. The van der Waals surface area contributed by atoms with Gasteiger partial charge in [-0.15, -0.1) is 0 Å². The Balaban J connectivity index is 1.58.